The molecule has 0 unspecified atom stereocenters. The van der Waals surface area contributed by atoms with Crippen molar-refractivity contribution in [1.29, 1.82) is 0 Å². The van der Waals surface area contributed by atoms with E-state index in [1.807, 2.05) is 6.92 Å². The second-order valence-corrected chi connectivity index (χ2v) is 4.76. The van der Waals surface area contributed by atoms with Gasteiger partial charge in [0.25, 0.3) is 0 Å². The third-order valence-electron chi connectivity index (χ3n) is 2.65. The summed E-state index contributed by atoms with van der Waals surface area (Å²) in [6.07, 6.45) is 0. The SMILES string of the molecule is Cc1noc(C)c1CNc1cc(Br)c(F)cc1F. The molecule has 0 atom stereocenters. The molecule has 0 aliphatic carbocycles. The Kier molecular flexibility index (Phi) is 3.65. The maximum absolute atomic E-state index is 13.5. The van der Waals surface area contributed by atoms with Crippen LogP contribution < -0.4 is 5.32 Å². The average Bonchev–Trinajstić information content (AvgIpc) is 2.62. The minimum atomic E-state index is -0.637. The molecule has 0 saturated heterocycles. The Balaban J connectivity index is 2.18. The van der Waals surface area contributed by atoms with Crippen molar-refractivity contribution in [1.82, 2.24) is 5.16 Å². The number of nitrogens with one attached hydrogen (secondary N) is 1. The number of aromatic nitrogens is 1. The summed E-state index contributed by atoms with van der Waals surface area (Å²) in [7, 11) is 0. The predicted molar refractivity (Wildman–Crippen MR) is 67.4 cm³/mol. The molecule has 0 aliphatic heterocycles. The van der Waals surface area contributed by atoms with Crippen LogP contribution in [-0.2, 0) is 6.54 Å². The van der Waals surface area contributed by atoms with Crippen LogP contribution in [0.3, 0.4) is 0 Å². The van der Waals surface area contributed by atoms with Crippen LogP contribution in [0.4, 0.5) is 14.5 Å². The van der Waals surface area contributed by atoms with Crippen LogP contribution >= 0.6 is 15.9 Å². The summed E-state index contributed by atoms with van der Waals surface area (Å²) in [6.45, 7) is 3.97. The van der Waals surface area contributed by atoms with E-state index in [0.29, 0.717) is 12.3 Å². The minimum Gasteiger partial charge on any atom is -0.378 e. The van der Waals surface area contributed by atoms with E-state index in [0.717, 1.165) is 17.3 Å². The number of benzene rings is 1. The molecule has 0 spiro atoms. The van der Waals surface area contributed by atoms with Crippen LogP contribution in [-0.4, -0.2) is 5.16 Å². The molecule has 0 fully saturated rings. The van der Waals surface area contributed by atoms with E-state index < -0.39 is 11.6 Å². The van der Waals surface area contributed by atoms with E-state index in [1.54, 1.807) is 6.92 Å². The first-order chi connectivity index (χ1) is 8.49. The highest BCUT2D eigenvalue weighted by Gasteiger charge is 2.11. The summed E-state index contributed by atoms with van der Waals surface area (Å²) in [5.41, 5.74) is 1.85. The Morgan fingerprint density at radius 2 is 2.00 bits per heavy atom. The summed E-state index contributed by atoms with van der Waals surface area (Å²) in [4.78, 5) is 0. The molecule has 1 aromatic heterocycles. The minimum absolute atomic E-state index is 0.213. The highest BCUT2D eigenvalue weighted by molar-refractivity contribution is 9.10. The molecule has 6 heteroatoms. The fraction of sp³-hybridized carbons (Fsp3) is 0.250. The van der Waals surface area contributed by atoms with Crippen LogP contribution in [0.25, 0.3) is 0 Å². The van der Waals surface area contributed by atoms with Gasteiger partial charge in [-0.15, -0.1) is 0 Å². The lowest BCUT2D eigenvalue weighted by Gasteiger charge is -2.08. The predicted octanol–water partition coefficient (Wildman–Crippen LogP) is 3.94. The van der Waals surface area contributed by atoms with E-state index in [1.165, 1.54) is 6.07 Å². The Hall–Kier alpha value is -1.43. The second-order valence-electron chi connectivity index (χ2n) is 3.90. The van der Waals surface area contributed by atoms with Crippen molar-refractivity contribution < 1.29 is 13.3 Å². The maximum atomic E-state index is 13.5. The fourth-order valence-corrected chi connectivity index (χ4v) is 1.94. The van der Waals surface area contributed by atoms with Crippen molar-refractivity contribution in [3.05, 3.63) is 45.3 Å². The zero-order valence-electron chi connectivity index (χ0n) is 9.85. The zero-order valence-corrected chi connectivity index (χ0v) is 11.4. The standard InChI is InChI=1S/C12H11BrF2N2O/c1-6-8(7(2)18-17-6)5-16-12-3-9(13)10(14)4-11(12)15/h3-4,16H,5H2,1-2H3. The van der Waals surface area contributed by atoms with Crippen molar-refractivity contribution >= 4 is 21.6 Å². The van der Waals surface area contributed by atoms with Crippen molar-refractivity contribution in [3.8, 4) is 0 Å². The van der Waals surface area contributed by atoms with Crippen LogP contribution in [0.1, 0.15) is 17.0 Å². The summed E-state index contributed by atoms with van der Waals surface area (Å²) in [6, 6.07) is 2.20. The van der Waals surface area contributed by atoms with Crippen LogP contribution in [0.2, 0.25) is 0 Å². The summed E-state index contributed by atoms with van der Waals surface area (Å²) in [5, 5.41) is 6.70. The quantitative estimate of drug-likeness (QED) is 0.871. The Bertz CT molecular complexity index is 564. The first-order valence-corrected chi connectivity index (χ1v) is 6.08. The van der Waals surface area contributed by atoms with E-state index in [9.17, 15) is 8.78 Å². The number of nitrogens with zero attached hydrogens (tertiary/aromatic N) is 1. The third-order valence-corrected chi connectivity index (χ3v) is 3.25. The molecule has 18 heavy (non-hydrogen) atoms. The van der Waals surface area contributed by atoms with E-state index in [-0.39, 0.29) is 10.2 Å². The van der Waals surface area contributed by atoms with Gasteiger partial charge in [-0.1, -0.05) is 5.16 Å². The van der Waals surface area contributed by atoms with Crippen molar-refractivity contribution in [2.45, 2.75) is 20.4 Å². The van der Waals surface area contributed by atoms with Gasteiger partial charge in [-0.2, -0.15) is 0 Å². The van der Waals surface area contributed by atoms with Crippen molar-refractivity contribution in [2.75, 3.05) is 5.32 Å². The topological polar surface area (TPSA) is 38.1 Å². The molecular formula is C12H11BrF2N2O. The Labute approximate surface area is 111 Å². The van der Waals surface area contributed by atoms with Gasteiger partial charge < -0.3 is 9.84 Å². The summed E-state index contributed by atoms with van der Waals surface area (Å²) in [5.74, 6) is -0.584. The van der Waals surface area contributed by atoms with Gasteiger partial charge >= 0.3 is 0 Å². The van der Waals surface area contributed by atoms with Crippen LogP contribution in [0.15, 0.2) is 21.1 Å². The molecule has 2 aromatic rings. The lowest BCUT2D eigenvalue weighted by atomic mass is 10.2. The second kappa shape index (κ2) is 5.06. The van der Waals surface area contributed by atoms with E-state index in [2.05, 4.69) is 26.4 Å². The van der Waals surface area contributed by atoms with Gasteiger partial charge in [-0.25, -0.2) is 8.78 Å². The van der Waals surface area contributed by atoms with Gasteiger partial charge in [0, 0.05) is 18.2 Å². The smallest absolute Gasteiger partial charge is 0.149 e. The van der Waals surface area contributed by atoms with Crippen molar-refractivity contribution in [2.24, 2.45) is 0 Å². The normalized spacial score (nSPS) is 10.7. The number of aryl methyl sites for hydroxylation is 2. The monoisotopic (exact) mass is 316 g/mol. The number of rotatable bonds is 3. The Morgan fingerprint density at radius 1 is 1.28 bits per heavy atom. The molecule has 1 heterocycles. The van der Waals surface area contributed by atoms with Gasteiger partial charge in [-0.05, 0) is 35.8 Å². The number of halogens is 3. The van der Waals surface area contributed by atoms with E-state index in [4.69, 9.17) is 4.52 Å². The summed E-state index contributed by atoms with van der Waals surface area (Å²) < 4.78 is 31.8. The summed E-state index contributed by atoms with van der Waals surface area (Å²) >= 11 is 3.02. The van der Waals surface area contributed by atoms with Crippen LogP contribution in [0, 0.1) is 25.5 Å². The lowest BCUT2D eigenvalue weighted by Crippen LogP contribution is -2.03. The van der Waals surface area contributed by atoms with Gasteiger partial charge in [0.15, 0.2) is 0 Å². The molecule has 96 valence electrons. The fourth-order valence-electron chi connectivity index (χ4n) is 1.60. The first-order valence-electron chi connectivity index (χ1n) is 5.29. The lowest BCUT2D eigenvalue weighted by molar-refractivity contribution is 0.392. The van der Waals surface area contributed by atoms with Gasteiger partial charge in [0.1, 0.15) is 17.4 Å². The Morgan fingerprint density at radius 3 is 2.61 bits per heavy atom. The largest absolute Gasteiger partial charge is 0.378 e. The first kappa shape index (κ1) is 13.0. The molecule has 3 nitrogen and oxygen atoms in total. The third kappa shape index (κ3) is 2.53. The molecule has 0 amide bonds. The molecule has 0 saturated carbocycles. The highest BCUT2D eigenvalue weighted by Crippen LogP contribution is 2.24. The maximum Gasteiger partial charge on any atom is 0.149 e. The molecular weight excluding hydrogens is 306 g/mol. The van der Waals surface area contributed by atoms with Crippen LogP contribution in [0.5, 0.6) is 0 Å². The average molecular weight is 317 g/mol. The number of anilines is 1. The van der Waals surface area contributed by atoms with Gasteiger partial charge in [-0.3, -0.25) is 0 Å². The van der Waals surface area contributed by atoms with Gasteiger partial charge in [0.2, 0.25) is 0 Å². The molecule has 0 radical (unpaired) electrons. The molecule has 0 aliphatic rings. The van der Waals surface area contributed by atoms with Crippen molar-refractivity contribution in [3.63, 3.8) is 0 Å². The van der Waals surface area contributed by atoms with Gasteiger partial charge in [0.05, 0.1) is 15.9 Å². The highest BCUT2D eigenvalue weighted by atomic mass is 79.9. The van der Waals surface area contributed by atoms with E-state index >= 15 is 0 Å². The molecule has 0 bridgehead atoms. The number of hydrogen-bond donors (Lipinski definition) is 1. The molecule has 1 N–H and O–H groups in total. The zero-order chi connectivity index (χ0) is 13.3. The molecule has 1 aromatic carbocycles. The number of hydrogen-bond acceptors (Lipinski definition) is 3. The molecule has 2 rings (SSSR count).